The summed E-state index contributed by atoms with van der Waals surface area (Å²) < 4.78 is -1.31. The van der Waals surface area contributed by atoms with Crippen LogP contribution in [0.5, 0.6) is 0 Å². The number of halogens is 5. The summed E-state index contributed by atoms with van der Waals surface area (Å²) in [5.74, 6) is -2.00. The fourth-order valence-corrected chi connectivity index (χ4v) is 5.32. The third-order valence-electron chi connectivity index (χ3n) is 5.33. The summed E-state index contributed by atoms with van der Waals surface area (Å²) in [5.41, 5.74) is 2.92. The Balaban J connectivity index is 1.51. The van der Waals surface area contributed by atoms with E-state index in [0.29, 0.717) is 27.0 Å². The molecule has 170 valence electrons. The summed E-state index contributed by atoms with van der Waals surface area (Å²) in [6.45, 7) is 1.93. The predicted molar refractivity (Wildman–Crippen MR) is 136 cm³/mol. The second-order valence-corrected chi connectivity index (χ2v) is 10.6. The number of carbonyl (C=O) groups excluding carboxylic acids is 2. The highest BCUT2D eigenvalue weighted by atomic mass is 35.5. The quantitative estimate of drug-likeness (QED) is 0.324. The van der Waals surface area contributed by atoms with E-state index in [2.05, 4.69) is 10.6 Å². The van der Waals surface area contributed by atoms with Crippen molar-refractivity contribution < 1.29 is 9.59 Å². The van der Waals surface area contributed by atoms with Crippen LogP contribution in [0.2, 0.25) is 15.1 Å². The molecule has 1 aliphatic rings. The highest BCUT2D eigenvalue weighted by Gasteiger charge is 2.67. The van der Waals surface area contributed by atoms with Crippen LogP contribution in [-0.2, 0) is 4.79 Å². The van der Waals surface area contributed by atoms with Gasteiger partial charge < -0.3 is 10.6 Å². The molecular formula is C24H17Cl5N2O2. The van der Waals surface area contributed by atoms with Crippen molar-refractivity contribution in [1.29, 1.82) is 0 Å². The van der Waals surface area contributed by atoms with Crippen LogP contribution in [0.15, 0.2) is 60.7 Å². The van der Waals surface area contributed by atoms with Gasteiger partial charge in [-0.1, -0.05) is 46.9 Å². The van der Waals surface area contributed by atoms with E-state index in [9.17, 15) is 9.59 Å². The average Bonchev–Trinajstić information content (AvgIpc) is 3.31. The van der Waals surface area contributed by atoms with E-state index in [1.54, 1.807) is 30.3 Å². The number of nitrogens with one attached hydrogen (secondary N) is 2. The molecule has 1 aliphatic carbocycles. The molecular weight excluding hydrogens is 526 g/mol. The Labute approximate surface area is 216 Å². The Kier molecular flexibility index (Phi) is 6.86. The summed E-state index contributed by atoms with van der Waals surface area (Å²) in [6, 6.07) is 17.0. The maximum Gasteiger partial charge on any atom is 0.257 e. The number of rotatable bonds is 5. The molecule has 2 N–H and O–H groups in total. The predicted octanol–water partition coefficient (Wildman–Crippen LogP) is 7.73. The third-order valence-corrected chi connectivity index (χ3v) is 7.04. The zero-order valence-electron chi connectivity index (χ0n) is 17.1. The van der Waals surface area contributed by atoms with Gasteiger partial charge in [0.15, 0.2) is 0 Å². The van der Waals surface area contributed by atoms with E-state index < -0.39 is 28.0 Å². The summed E-state index contributed by atoms with van der Waals surface area (Å²) in [6.07, 6.45) is 0. The van der Waals surface area contributed by atoms with Crippen LogP contribution in [0.4, 0.5) is 11.4 Å². The van der Waals surface area contributed by atoms with E-state index in [1.807, 2.05) is 25.1 Å². The summed E-state index contributed by atoms with van der Waals surface area (Å²) in [4.78, 5) is 25.7. The maximum absolute atomic E-state index is 13.0. The lowest BCUT2D eigenvalue weighted by Gasteiger charge is -2.11. The summed E-state index contributed by atoms with van der Waals surface area (Å²) >= 11 is 31.2. The molecule has 1 saturated carbocycles. The van der Waals surface area contributed by atoms with Crippen LogP contribution in [0.3, 0.4) is 0 Å². The minimum Gasteiger partial charge on any atom is -0.326 e. The number of benzene rings is 3. The molecule has 0 aromatic heterocycles. The molecule has 0 radical (unpaired) electrons. The molecule has 2 atom stereocenters. The Hall–Kier alpha value is -1.95. The van der Waals surface area contributed by atoms with Crippen molar-refractivity contribution in [2.45, 2.75) is 17.2 Å². The number of hydrogen-bond acceptors (Lipinski definition) is 2. The van der Waals surface area contributed by atoms with Crippen molar-refractivity contribution in [3.8, 4) is 0 Å². The number of alkyl halides is 2. The van der Waals surface area contributed by atoms with Crippen LogP contribution >= 0.6 is 58.0 Å². The molecule has 9 heteroatoms. The molecule has 0 saturated heterocycles. The number of aryl methyl sites for hydroxylation is 1. The Bertz CT molecular complexity index is 1240. The second-order valence-electron chi connectivity index (χ2n) is 7.84. The molecule has 3 aromatic rings. The molecule has 4 rings (SSSR count). The molecule has 2 amide bonds. The Morgan fingerprint density at radius 1 is 0.848 bits per heavy atom. The zero-order chi connectivity index (χ0) is 23.9. The summed E-state index contributed by atoms with van der Waals surface area (Å²) in [7, 11) is 0. The first-order valence-corrected chi connectivity index (χ1v) is 11.8. The molecule has 2 unspecified atom stereocenters. The second kappa shape index (κ2) is 9.36. The van der Waals surface area contributed by atoms with Gasteiger partial charge in [-0.2, -0.15) is 0 Å². The minimum absolute atomic E-state index is 0.216. The molecule has 0 aliphatic heterocycles. The van der Waals surface area contributed by atoms with Gasteiger partial charge in [0.1, 0.15) is 4.33 Å². The van der Waals surface area contributed by atoms with Crippen molar-refractivity contribution in [3.63, 3.8) is 0 Å². The van der Waals surface area contributed by atoms with Gasteiger partial charge in [0.25, 0.3) is 5.91 Å². The number of hydrogen-bond donors (Lipinski definition) is 2. The SMILES string of the molecule is Cc1cccc(NC(=O)c2cc(NC(=O)C3C(c4cc(Cl)cc(Cl)c4)C3(Cl)Cl)ccc2Cl)c1. The van der Waals surface area contributed by atoms with Gasteiger partial charge in [0, 0.05) is 27.3 Å². The number of anilines is 2. The third kappa shape index (κ3) is 5.26. The number of carbonyl (C=O) groups is 2. The van der Waals surface area contributed by atoms with Gasteiger partial charge in [-0.15, -0.1) is 23.2 Å². The fraction of sp³-hybridized carbons (Fsp3) is 0.167. The van der Waals surface area contributed by atoms with Gasteiger partial charge in [-0.05, 0) is 66.6 Å². The highest BCUT2D eigenvalue weighted by Crippen LogP contribution is 2.65. The standard InChI is InChI=1S/C24H17Cl5N2O2/c1-12-3-2-4-16(7-12)30-22(32)18-11-17(5-6-19(18)27)31-23(33)21-20(24(21,28)29)13-8-14(25)10-15(26)9-13/h2-11,20-21H,1H3,(H,30,32)(H,31,33). The topological polar surface area (TPSA) is 58.2 Å². The maximum atomic E-state index is 13.0. The molecule has 0 heterocycles. The van der Waals surface area contributed by atoms with Crippen LogP contribution in [0.1, 0.15) is 27.4 Å². The normalized spacial score (nSPS) is 18.5. The van der Waals surface area contributed by atoms with Gasteiger partial charge >= 0.3 is 0 Å². The lowest BCUT2D eigenvalue weighted by Crippen LogP contribution is -2.18. The summed E-state index contributed by atoms with van der Waals surface area (Å²) in [5, 5.41) is 6.68. The van der Waals surface area contributed by atoms with Gasteiger partial charge in [-0.25, -0.2) is 0 Å². The van der Waals surface area contributed by atoms with Crippen LogP contribution < -0.4 is 10.6 Å². The Morgan fingerprint density at radius 2 is 1.52 bits per heavy atom. The first kappa shape index (κ1) is 24.2. The average molecular weight is 543 g/mol. The van der Waals surface area contributed by atoms with Crippen molar-refractivity contribution in [1.82, 2.24) is 0 Å². The van der Waals surface area contributed by atoms with Crippen molar-refractivity contribution in [3.05, 3.63) is 92.4 Å². The highest BCUT2D eigenvalue weighted by molar-refractivity contribution is 6.53. The van der Waals surface area contributed by atoms with E-state index in [4.69, 9.17) is 58.0 Å². The number of amides is 2. The van der Waals surface area contributed by atoms with E-state index >= 15 is 0 Å². The van der Waals surface area contributed by atoms with E-state index in [1.165, 1.54) is 12.1 Å². The molecule has 3 aromatic carbocycles. The molecule has 0 spiro atoms. The van der Waals surface area contributed by atoms with Gasteiger partial charge in [0.2, 0.25) is 5.91 Å². The largest absolute Gasteiger partial charge is 0.326 e. The van der Waals surface area contributed by atoms with Crippen molar-refractivity contribution in [2.24, 2.45) is 5.92 Å². The van der Waals surface area contributed by atoms with Crippen LogP contribution in [-0.4, -0.2) is 16.1 Å². The van der Waals surface area contributed by atoms with Crippen molar-refractivity contribution in [2.75, 3.05) is 10.6 Å². The lowest BCUT2D eigenvalue weighted by molar-refractivity contribution is -0.117. The van der Waals surface area contributed by atoms with Gasteiger partial charge in [-0.3, -0.25) is 9.59 Å². The molecule has 4 nitrogen and oxygen atoms in total. The molecule has 33 heavy (non-hydrogen) atoms. The lowest BCUT2D eigenvalue weighted by atomic mass is 10.1. The van der Waals surface area contributed by atoms with Crippen molar-refractivity contribution >= 4 is 81.2 Å². The molecule has 0 bridgehead atoms. The fourth-order valence-electron chi connectivity index (χ4n) is 3.74. The monoisotopic (exact) mass is 540 g/mol. The van der Waals surface area contributed by atoms with Gasteiger partial charge in [0.05, 0.1) is 16.5 Å². The Morgan fingerprint density at radius 3 is 2.18 bits per heavy atom. The van der Waals surface area contributed by atoms with E-state index in [0.717, 1.165) is 5.56 Å². The van der Waals surface area contributed by atoms with Crippen LogP contribution in [0, 0.1) is 12.8 Å². The minimum atomic E-state index is -1.31. The van der Waals surface area contributed by atoms with E-state index in [-0.39, 0.29) is 10.6 Å². The first-order chi connectivity index (χ1) is 15.6. The molecule has 1 fully saturated rings. The van der Waals surface area contributed by atoms with Crippen LogP contribution in [0.25, 0.3) is 0 Å². The zero-order valence-corrected chi connectivity index (χ0v) is 20.9. The smallest absolute Gasteiger partial charge is 0.257 e. The first-order valence-electron chi connectivity index (χ1n) is 9.88.